The first-order valence-electron chi connectivity index (χ1n) is 10.6. The van der Waals surface area contributed by atoms with Gasteiger partial charge in [-0.25, -0.2) is 9.97 Å². The molecule has 0 saturated carbocycles. The van der Waals surface area contributed by atoms with E-state index in [-0.39, 0.29) is 5.66 Å². The zero-order valence-corrected chi connectivity index (χ0v) is 19.0. The Kier molecular flexibility index (Phi) is 7.20. The third-order valence-corrected chi connectivity index (χ3v) is 8.19. The predicted octanol–water partition coefficient (Wildman–Crippen LogP) is 2.87. The first kappa shape index (κ1) is 23.2. The van der Waals surface area contributed by atoms with Crippen molar-refractivity contribution in [2.24, 2.45) is 0 Å². The molecule has 4 N–H and O–H groups in total. The summed E-state index contributed by atoms with van der Waals surface area (Å²) in [7, 11) is -2.25. The van der Waals surface area contributed by atoms with Crippen LogP contribution in [0.25, 0.3) is 11.0 Å². The summed E-state index contributed by atoms with van der Waals surface area (Å²) in [6, 6.07) is 1.75. The van der Waals surface area contributed by atoms with Crippen molar-refractivity contribution in [3.8, 4) is 0 Å². The molecule has 3 rings (SSSR count). The minimum absolute atomic E-state index is 0.0170. The zero-order chi connectivity index (χ0) is 22.1. The summed E-state index contributed by atoms with van der Waals surface area (Å²) in [4.78, 5) is 8.22. The van der Waals surface area contributed by atoms with E-state index in [0.29, 0.717) is 36.1 Å². The molecule has 9 nitrogen and oxygen atoms in total. The molecule has 1 aliphatic rings. The Balaban J connectivity index is 1.83. The summed E-state index contributed by atoms with van der Waals surface area (Å²) >= 11 is 0. The van der Waals surface area contributed by atoms with Gasteiger partial charge in [0.15, 0.2) is 14.3 Å². The minimum Gasteiger partial charge on any atom is -0.388 e. The molecule has 0 amide bonds. The summed E-state index contributed by atoms with van der Waals surface area (Å²) < 4.78 is 26.5. The van der Waals surface area contributed by atoms with Gasteiger partial charge in [-0.2, -0.15) is 0 Å². The Bertz CT molecular complexity index is 887. The SMILES string of the molecule is CCC(C)[PH](=O)OC(CC)(CC)C[C@H]1OC(n2ccc3c(N)ncnc32)[C@H](O)[C@@H]1O. The van der Waals surface area contributed by atoms with E-state index >= 15 is 0 Å². The molecular formula is C20H33N4O5P. The van der Waals surface area contributed by atoms with Crippen LogP contribution in [-0.2, 0) is 13.8 Å². The number of nitrogen functional groups attached to an aromatic ring is 1. The van der Waals surface area contributed by atoms with Crippen LogP contribution in [0, 0.1) is 0 Å². The van der Waals surface area contributed by atoms with Crippen LogP contribution in [-0.4, -0.2) is 54.3 Å². The molecule has 10 heteroatoms. The Morgan fingerprint density at radius 1 is 1.30 bits per heavy atom. The number of hydrogen-bond acceptors (Lipinski definition) is 8. The summed E-state index contributed by atoms with van der Waals surface area (Å²) in [5, 5.41) is 22.1. The van der Waals surface area contributed by atoms with Gasteiger partial charge in [-0.1, -0.05) is 27.7 Å². The largest absolute Gasteiger partial charge is 0.388 e. The predicted molar refractivity (Wildman–Crippen MR) is 116 cm³/mol. The number of fused-ring (bicyclic) bond motifs is 1. The van der Waals surface area contributed by atoms with E-state index in [1.807, 2.05) is 27.7 Å². The lowest BCUT2D eigenvalue weighted by Crippen LogP contribution is -2.39. The second kappa shape index (κ2) is 9.32. The third kappa shape index (κ3) is 4.27. The molecule has 168 valence electrons. The van der Waals surface area contributed by atoms with Crippen LogP contribution in [0.3, 0.4) is 0 Å². The Labute approximate surface area is 177 Å². The molecule has 3 unspecified atom stereocenters. The van der Waals surface area contributed by atoms with Gasteiger partial charge in [-0.15, -0.1) is 0 Å². The summed E-state index contributed by atoms with van der Waals surface area (Å²) in [6.45, 7) is 7.86. The van der Waals surface area contributed by atoms with Crippen LogP contribution in [0.4, 0.5) is 5.82 Å². The van der Waals surface area contributed by atoms with Crippen LogP contribution in [0.2, 0.25) is 0 Å². The van der Waals surface area contributed by atoms with E-state index in [1.165, 1.54) is 6.33 Å². The lowest BCUT2D eigenvalue weighted by atomic mass is 9.88. The van der Waals surface area contributed by atoms with Gasteiger partial charge in [0.25, 0.3) is 0 Å². The molecular weight excluding hydrogens is 407 g/mol. The van der Waals surface area contributed by atoms with Crippen LogP contribution in [0.15, 0.2) is 18.6 Å². The number of hydrogen-bond donors (Lipinski definition) is 3. The molecule has 3 heterocycles. The molecule has 1 fully saturated rings. The van der Waals surface area contributed by atoms with Crippen molar-refractivity contribution in [1.82, 2.24) is 14.5 Å². The number of nitrogens with two attached hydrogens (primary N) is 1. The first-order chi connectivity index (χ1) is 14.3. The first-order valence-corrected chi connectivity index (χ1v) is 12.0. The fourth-order valence-corrected chi connectivity index (χ4v) is 5.23. The van der Waals surface area contributed by atoms with Crippen LogP contribution < -0.4 is 5.73 Å². The molecule has 0 aromatic carbocycles. The number of aromatic nitrogens is 3. The van der Waals surface area contributed by atoms with Crippen molar-refractivity contribution in [3.63, 3.8) is 0 Å². The third-order valence-electron chi connectivity index (χ3n) is 6.35. The van der Waals surface area contributed by atoms with Gasteiger partial charge < -0.3 is 29.8 Å². The second-order valence-electron chi connectivity index (χ2n) is 8.09. The summed E-state index contributed by atoms with van der Waals surface area (Å²) in [6.07, 6.45) is 1.66. The highest BCUT2D eigenvalue weighted by atomic mass is 31.1. The Morgan fingerprint density at radius 3 is 2.63 bits per heavy atom. The van der Waals surface area contributed by atoms with E-state index < -0.39 is 38.2 Å². The molecule has 0 radical (unpaired) electrons. The molecule has 0 aliphatic carbocycles. The molecule has 2 aromatic heterocycles. The van der Waals surface area contributed by atoms with E-state index in [1.54, 1.807) is 16.8 Å². The zero-order valence-electron chi connectivity index (χ0n) is 18.0. The van der Waals surface area contributed by atoms with Crippen molar-refractivity contribution in [2.45, 2.75) is 89.2 Å². The van der Waals surface area contributed by atoms with Gasteiger partial charge in [-0.05, 0) is 25.3 Å². The topological polar surface area (TPSA) is 133 Å². The van der Waals surface area contributed by atoms with Gasteiger partial charge >= 0.3 is 0 Å². The van der Waals surface area contributed by atoms with Crippen LogP contribution in [0.1, 0.15) is 59.6 Å². The van der Waals surface area contributed by atoms with E-state index in [4.69, 9.17) is 15.0 Å². The number of nitrogens with zero attached hydrogens (tertiary/aromatic N) is 3. The number of rotatable bonds is 9. The molecule has 30 heavy (non-hydrogen) atoms. The van der Waals surface area contributed by atoms with E-state index in [2.05, 4.69) is 9.97 Å². The Morgan fingerprint density at radius 2 is 2.00 bits per heavy atom. The molecule has 1 saturated heterocycles. The number of anilines is 1. The lowest BCUT2D eigenvalue weighted by molar-refractivity contribution is -0.0673. The van der Waals surface area contributed by atoms with Crippen molar-refractivity contribution in [1.29, 1.82) is 0 Å². The highest BCUT2D eigenvalue weighted by molar-refractivity contribution is 7.40. The van der Waals surface area contributed by atoms with Crippen LogP contribution in [0.5, 0.6) is 0 Å². The van der Waals surface area contributed by atoms with Gasteiger partial charge in [0.1, 0.15) is 30.0 Å². The highest BCUT2D eigenvalue weighted by Gasteiger charge is 2.47. The Hall–Kier alpha value is -1.51. The monoisotopic (exact) mass is 440 g/mol. The lowest BCUT2D eigenvalue weighted by Gasteiger charge is -2.35. The fraction of sp³-hybridized carbons (Fsp3) is 0.700. The quantitative estimate of drug-likeness (QED) is 0.507. The fourth-order valence-electron chi connectivity index (χ4n) is 3.90. The summed E-state index contributed by atoms with van der Waals surface area (Å²) in [5.74, 6) is 0.336. The summed E-state index contributed by atoms with van der Waals surface area (Å²) in [5.41, 5.74) is 5.71. The molecule has 1 aliphatic heterocycles. The van der Waals surface area contributed by atoms with Gasteiger partial charge in [0.05, 0.1) is 17.1 Å². The average Bonchev–Trinajstić information content (AvgIpc) is 3.29. The second-order valence-corrected chi connectivity index (χ2v) is 9.92. The standard InChI is InChI=1S/C20H33N4O5P/c1-5-12(4)30(27)29-20(6-2,7-3)10-14-15(25)16(26)19(28-14)24-9-8-13-17(21)22-11-23-18(13)24/h8-9,11-12,14-16,19,25-26,30H,5-7,10H2,1-4H3,(H2,21,22,23)/t12?,14-,15-,16-,19?/m1/s1. The maximum atomic E-state index is 12.6. The molecule has 0 spiro atoms. The number of aliphatic hydroxyl groups is 2. The van der Waals surface area contributed by atoms with E-state index in [9.17, 15) is 14.8 Å². The van der Waals surface area contributed by atoms with Gasteiger partial charge in [0, 0.05) is 18.3 Å². The minimum atomic E-state index is -2.25. The average molecular weight is 440 g/mol. The smallest absolute Gasteiger partial charge is 0.194 e. The normalized spacial score (nSPS) is 26.9. The molecule has 0 bridgehead atoms. The number of ether oxygens (including phenoxy) is 1. The van der Waals surface area contributed by atoms with Crippen molar-refractivity contribution in [3.05, 3.63) is 18.6 Å². The van der Waals surface area contributed by atoms with Crippen LogP contribution >= 0.6 is 8.03 Å². The van der Waals surface area contributed by atoms with Crippen molar-refractivity contribution < 1.29 is 24.0 Å². The number of aliphatic hydroxyl groups excluding tert-OH is 2. The van der Waals surface area contributed by atoms with Crippen molar-refractivity contribution in [2.75, 3.05) is 5.73 Å². The van der Waals surface area contributed by atoms with E-state index in [0.717, 1.165) is 6.42 Å². The van der Waals surface area contributed by atoms with Gasteiger partial charge in [0.2, 0.25) is 0 Å². The maximum absolute atomic E-state index is 12.6. The highest BCUT2D eigenvalue weighted by Crippen LogP contribution is 2.44. The molecule has 6 atom stereocenters. The maximum Gasteiger partial charge on any atom is 0.194 e. The van der Waals surface area contributed by atoms with Gasteiger partial charge in [-0.3, -0.25) is 4.57 Å². The molecule has 2 aromatic rings. The van der Waals surface area contributed by atoms with Crippen molar-refractivity contribution >= 4 is 24.9 Å².